The van der Waals surface area contributed by atoms with Gasteiger partial charge in [-0.15, -0.1) is 0 Å². The first-order valence-corrected chi connectivity index (χ1v) is 6.92. The SMILES string of the molecule is C=C1CCC(O)(C(C)(C)O)CC2C1CCC2(C)O. The van der Waals surface area contributed by atoms with E-state index in [0.717, 1.165) is 24.8 Å². The fourth-order valence-electron chi connectivity index (χ4n) is 3.69. The highest BCUT2D eigenvalue weighted by Crippen LogP contribution is 2.52. The quantitative estimate of drug-likeness (QED) is 0.627. The van der Waals surface area contributed by atoms with Crippen LogP contribution in [0.1, 0.15) is 52.9 Å². The molecule has 2 rings (SSSR count). The third kappa shape index (κ3) is 2.13. The Morgan fingerprint density at radius 1 is 1.28 bits per heavy atom. The summed E-state index contributed by atoms with van der Waals surface area (Å²) in [7, 11) is 0. The van der Waals surface area contributed by atoms with Gasteiger partial charge < -0.3 is 15.3 Å². The van der Waals surface area contributed by atoms with Gasteiger partial charge in [0, 0.05) is 0 Å². The Labute approximate surface area is 110 Å². The lowest BCUT2D eigenvalue weighted by Crippen LogP contribution is -2.52. The molecule has 0 amide bonds. The van der Waals surface area contributed by atoms with Gasteiger partial charge in [0.1, 0.15) is 0 Å². The standard InChI is InChI=1S/C15H26O3/c1-10-5-8-15(18,13(2,3)16)9-12-11(10)6-7-14(12,4)17/h11-12,16-18H,1,5-9H2,2-4H3. The first-order valence-electron chi connectivity index (χ1n) is 6.92. The summed E-state index contributed by atoms with van der Waals surface area (Å²) in [6, 6.07) is 0. The first kappa shape index (κ1) is 14.0. The van der Waals surface area contributed by atoms with E-state index in [0.29, 0.717) is 12.8 Å². The number of fused-ring (bicyclic) bond motifs is 1. The molecule has 2 fully saturated rings. The van der Waals surface area contributed by atoms with Gasteiger partial charge in [0.25, 0.3) is 0 Å². The minimum absolute atomic E-state index is 0.00363. The molecule has 104 valence electrons. The summed E-state index contributed by atoms with van der Waals surface area (Å²) in [5, 5.41) is 31.5. The molecule has 3 heteroatoms. The van der Waals surface area contributed by atoms with Crippen molar-refractivity contribution in [2.45, 2.75) is 69.7 Å². The lowest BCUT2D eigenvalue weighted by Gasteiger charge is -2.42. The highest BCUT2D eigenvalue weighted by Gasteiger charge is 2.53. The van der Waals surface area contributed by atoms with Gasteiger partial charge in [-0.25, -0.2) is 0 Å². The van der Waals surface area contributed by atoms with Crippen molar-refractivity contribution in [3.63, 3.8) is 0 Å². The zero-order chi connectivity index (χ0) is 13.8. The summed E-state index contributed by atoms with van der Waals surface area (Å²) in [6.07, 6.45) is 3.41. The smallest absolute Gasteiger partial charge is 0.0934 e. The number of hydrogen-bond donors (Lipinski definition) is 3. The molecule has 0 spiro atoms. The van der Waals surface area contributed by atoms with Crippen LogP contribution in [-0.2, 0) is 0 Å². The molecule has 2 aliphatic rings. The minimum atomic E-state index is -1.15. The normalized spacial score (nSPS) is 45.8. The van der Waals surface area contributed by atoms with Crippen molar-refractivity contribution < 1.29 is 15.3 Å². The molecule has 0 aliphatic heterocycles. The van der Waals surface area contributed by atoms with E-state index < -0.39 is 16.8 Å². The van der Waals surface area contributed by atoms with Crippen molar-refractivity contribution in [3.8, 4) is 0 Å². The lowest BCUT2D eigenvalue weighted by atomic mass is 9.73. The second-order valence-electron chi connectivity index (χ2n) is 7.06. The Bertz CT molecular complexity index is 353. The summed E-state index contributed by atoms with van der Waals surface area (Å²) >= 11 is 0. The van der Waals surface area contributed by atoms with Crippen molar-refractivity contribution in [1.82, 2.24) is 0 Å². The lowest BCUT2D eigenvalue weighted by molar-refractivity contribution is -0.154. The second kappa shape index (κ2) is 4.06. The fraction of sp³-hybridized carbons (Fsp3) is 0.867. The Morgan fingerprint density at radius 2 is 1.89 bits per heavy atom. The van der Waals surface area contributed by atoms with Gasteiger partial charge in [0.05, 0.1) is 16.8 Å². The predicted octanol–water partition coefficient (Wildman–Crippen LogP) is 2.01. The monoisotopic (exact) mass is 254 g/mol. The second-order valence-corrected chi connectivity index (χ2v) is 7.06. The van der Waals surface area contributed by atoms with Crippen LogP contribution in [0.2, 0.25) is 0 Å². The van der Waals surface area contributed by atoms with Crippen molar-refractivity contribution in [2.75, 3.05) is 0 Å². The van der Waals surface area contributed by atoms with Crippen LogP contribution in [-0.4, -0.2) is 32.1 Å². The Kier molecular flexibility index (Phi) is 3.16. The molecule has 0 bridgehead atoms. The minimum Gasteiger partial charge on any atom is -0.390 e. The third-order valence-electron chi connectivity index (χ3n) is 5.33. The van der Waals surface area contributed by atoms with Gasteiger partial charge in [-0.3, -0.25) is 0 Å². The number of allylic oxidation sites excluding steroid dienone is 1. The van der Waals surface area contributed by atoms with E-state index >= 15 is 0 Å². The van der Waals surface area contributed by atoms with E-state index in [9.17, 15) is 15.3 Å². The van der Waals surface area contributed by atoms with Gasteiger partial charge in [0.2, 0.25) is 0 Å². The molecule has 2 saturated carbocycles. The Hall–Kier alpha value is -0.380. The molecule has 4 atom stereocenters. The largest absolute Gasteiger partial charge is 0.390 e. The highest BCUT2D eigenvalue weighted by molar-refractivity contribution is 5.16. The van der Waals surface area contributed by atoms with Crippen LogP contribution in [0, 0.1) is 11.8 Å². The molecular formula is C15H26O3. The van der Waals surface area contributed by atoms with E-state index in [-0.39, 0.29) is 11.8 Å². The maximum atomic E-state index is 10.8. The van der Waals surface area contributed by atoms with E-state index in [2.05, 4.69) is 6.58 Å². The van der Waals surface area contributed by atoms with Gasteiger partial charge in [0.15, 0.2) is 0 Å². The van der Waals surface area contributed by atoms with Crippen LogP contribution in [0.4, 0.5) is 0 Å². The Balaban J connectivity index is 2.34. The van der Waals surface area contributed by atoms with Gasteiger partial charge in [-0.2, -0.15) is 0 Å². The molecule has 4 unspecified atom stereocenters. The number of aliphatic hydroxyl groups is 3. The van der Waals surface area contributed by atoms with Crippen molar-refractivity contribution in [3.05, 3.63) is 12.2 Å². The van der Waals surface area contributed by atoms with Crippen LogP contribution in [0.15, 0.2) is 12.2 Å². The molecular weight excluding hydrogens is 228 g/mol. The molecule has 0 heterocycles. The van der Waals surface area contributed by atoms with Crippen molar-refractivity contribution in [1.29, 1.82) is 0 Å². The predicted molar refractivity (Wildman–Crippen MR) is 71.1 cm³/mol. The van der Waals surface area contributed by atoms with Crippen LogP contribution < -0.4 is 0 Å². The molecule has 0 saturated heterocycles. The Morgan fingerprint density at radius 3 is 2.44 bits per heavy atom. The molecule has 2 aliphatic carbocycles. The van der Waals surface area contributed by atoms with E-state index in [1.165, 1.54) is 0 Å². The average molecular weight is 254 g/mol. The van der Waals surface area contributed by atoms with Crippen LogP contribution in [0.5, 0.6) is 0 Å². The molecule has 3 nitrogen and oxygen atoms in total. The summed E-state index contributed by atoms with van der Waals surface area (Å²) in [4.78, 5) is 0. The van der Waals surface area contributed by atoms with E-state index in [1.54, 1.807) is 13.8 Å². The fourth-order valence-corrected chi connectivity index (χ4v) is 3.69. The van der Waals surface area contributed by atoms with Gasteiger partial charge >= 0.3 is 0 Å². The number of rotatable bonds is 1. The zero-order valence-corrected chi connectivity index (χ0v) is 11.7. The van der Waals surface area contributed by atoms with Crippen LogP contribution in [0.25, 0.3) is 0 Å². The first-order chi connectivity index (χ1) is 8.07. The van der Waals surface area contributed by atoms with Crippen LogP contribution in [0.3, 0.4) is 0 Å². The third-order valence-corrected chi connectivity index (χ3v) is 5.33. The van der Waals surface area contributed by atoms with E-state index in [4.69, 9.17) is 0 Å². The highest BCUT2D eigenvalue weighted by atomic mass is 16.4. The number of hydrogen-bond acceptors (Lipinski definition) is 3. The molecule has 0 radical (unpaired) electrons. The molecule has 0 aromatic carbocycles. The average Bonchev–Trinajstić information content (AvgIpc) is 2.41. The van der Waals surface area contributed by atoms with E-state index in [1.807, 2.05) is 6.92 Å². The molecule has 3 N–H and O–H groups in total. The van der Waals surface area contributed by atoms with Crippen molar-refractivity contribution in [2.24, 2.45) is 11.8 Å². The topological polar surface area (TPSA) is 60.7 Å². The maximum Gasteiger partial charge on any atom is 0.0934 e. The maximum absolute atomic E-state index is 10.8. The molecule has 18 heavy (non-hydrogen) atoms. The summed E-state index contributed by atoms with van der Waals surface area (Å²) in [5.41, 5.74) is -1.92. The van der Waals surface area contributed by atoms with Crippen molar-refractivity contribution >= 4 is 0 Å². The van der Waals surface area contributed by atoms with Crippen LogP contribution >= 0.6 is 0 Å². The molecule has 0 aromatic rings. The molecule has 0 aromatic heterocycles. The summed E-state index contributed by atoms with van der Waals surface area (Å²) in [6.45, 7) is 9.28. The summed E-state index contributed by atoms with van der Waals surface area (Å²) < 4.78 is 0. The zero-order valence-electron chi connectivity index (χ0n) is 11.7. The van der Waals surface area contributed by atoms with Gasteiger partial charge in [-0.1, -0.05) is 12.2 Å². The summed E-state index contributed by atoms with van der Waals surface area (Å²) in [5.74, 6) is 0.292. The van der Waals surface area contributed by atoms with Gasteiger partial charge in [-0.05, 0) is 64.7 Å².